The molecule has 1 aliphatic heterocycles. The molecule has 1 amide bonds. The van der Waals surface area contributed by atoms with Gasteiger partial charge in [-0.15, -0.1) is 0 Å². The first kappa shape index (κ1) is 23.4. The van der Waals surface area contributed by atoms with E-state index in [1.165, 1.54) is 18.2 Å². The van der Waals surface area contributed by atoms with E-state index in [-0.39, 0.29) is 11.9 Å². The zero-order valence-electron chi connectivity index (χ0n) is 20.0. The molecule has 0 N–H and O–H groups in total. The second-order valence-electron chi connectivity index (χ2n) is 9.16. The van der Waals surface area contributed by atoms with Crippen molar-refractivity contribution in [2.24, 2.45) is 10.9 Å². The minimum absolute atomic E-state index is 0.0429. The highest BCUT2D eigenvalue weighted by Crippen LogP contribution is 2.40. The maximum Gasteiger partial charge on any atom is 0.267 e. The zero-order chi connectivity index (χ0) is 24.0. The maximum atomic E-state index is 13.8. The Hall–Kier alpha value is -3.31. The molecule has 0 bridgehead atoms. The van der Waals surface area contributed by atoms with E-state index < -0.39 is 0 Å². The lowest BCUT2D eigenvalue weighted by Crippen LogP contribution is -2.44. The van der Waals surface area contributed by atoms with Gasteiger partial charge in [0.15, 0.2) is 5.17 Å². The first-order valence-electron chi connectivity index (χ1n) is 12.3. The number of benzene rings is 3. The summed E-state index contributed by atoms with van der Waals surface area (Å²) < 4.78 is 6.14. The molecule has 1 heterocycles. The van der Waals surface area contributed by atoms with Crippen LogP contribution in [-0.4, -0.2) is 22.0 Å². The molecule has 1 aliphatic carbocycles. The van der Waals surface area contributed by atoms with Gasteiger partial charge in [-0.3, -0.25) is 9.69 Å². The van der Waals surface area contributed by atoms with E-state index in [0.717, 1.165) is 47.0 Å². The van der Waals surface area contributed by atoms with Gasteiger partial charge in [-0.2, -0.15) is 0 Å². The third-order valence-electron chi connectivity index (χ3n) is 6.66. The second kappa shape index (κ2) is 11.0. The Morgan fingerprint density at radius 1 is 0.943 bits per heavy atom. The molecule has 0 unspecified atom stereocenters. The lowest BCUT2D eigenvalue weighted by atomic mass is 9.85. The van der Waals surface area contributed by atoms with Crippen molar-refractivity contribution in [2.75, 3.05) is 0 Å². The van der Waals surface area contributed by atoms with Crippen molar-refractivity contribution in [1.82, 2.24) is 4.90 Å². The fourth-order valence-corrected chi connectivity index (χ4v) is 5.79. The third-order valence-corrected chi connectivity index (χ3v) is 7.64. The van der Waals surface area contributed by atoms with Crippen LogP contribution in [-0.2, 0) is 11.4 Å². The van der Waals surface area contributed by atoms with Gasteiger partial charge in [-0.25, -0.2) is 4.99 Å². The lowest BCUT2D eigenvalue weighted by Gasteiger charge is -2.35. The Labute approximate surface area is 211 Å². The molecule has 3 aromatic carbocycles. The monoisotopic (exact) mass is 482 g/mol. The van der Waals surface area contributed by atoms with E-state index in [1.807, 2.05) is 95.9 Å². The van der Waals surface area contributed by atoms with E-state index in [0.29, 0.717) is 17.4 Å². The number of rotatable bonds is 6. The molecule has 5 rings (SSSR count). The highest BCUT2D eigenvalue weighted by Gasteiger charge is 2.41. The predicted octanol–water partition coefficient (Wildman–Crippen LogP) is 7.45. The van der Waals surface area contributed by atoms with Crippen LogP contribution in [0.15, 0.2) is 94.8 Å². The number of ether oxygens (including phenoxy) is 1. The Morgan fingerprint density at radius 3 is 2.40 bits per heavy atom. The summed E-state index contributed by atoms with van der Waals surface area (Å²) in [5.41, 5.74) is 2.87. The first-order valence-corrected chi connectivity index (χ1v) is 13.1. The number of hydrogen-bond acceptors (Lipinski definition) is 4. The summed E-state index contributed by atoms with van der Waals surface area (Å²) >= 11 is 1.47. The van der Waals surface area contributed by atoms with Gasteiger partial charge in [0, 0.05) is 11.6 Å². The zero-order valence-corrected chi connectivity index (χ0v) is 20.8. The highest BCUT2D eigenvalue weighted by molar-refractivity contribution is 8.18. The minimum Gasteiger partial charge on any atom is -0.488 e. The van der Waals surface area contributed by atoms with Gasteiger partial charge in [0.25, 0.3) is 5.91 Å². The van der Waals surface area contributed by atoms with Gasteiger partial charge in [-0.1, -0.05) is 86.5 Å². The van der Waals surface area contributed by atoms with E-state index in [2.05, 4.69) is 6.92 Å². The van der Waals surface area contributed by atoms with Crippen LogP contribution in [0.1, 0.15) is 43.7 Å². The van der Waals surface area contributed by atoms with Crippen LogP contribution in [0.25, 0.3) is 6.08 Å². The molecular formula is C30H30N2O2S. The van der Waals surface area contributed by atoms with E-state index in [4.69, 9.17) is 9.73 Å². The molecule has 5 heteroatoms. The standard InChI is InChI=1S/C30H30N2O2S/c1-22-12-8-10-18-26(22)32-29(33)28(35-30(32)31-25-16-6-3-7-17-25)20-24-15-9-11-19-27(24)34-21-23-13-4-2-5-14-23/h2-7,9,11,13-17,19-20,22,26H,8,10,12,18,21H2,1H3/b28-20-,31-30?/t22-,26-/m1/s1. The molecule has 2 fully saturated rings. The number of nitrogens with zero attached hydrogens (tertiary/aromatic N) is 2. The fourth-order valence-electron chi connectivity index (χ4n) is 4.76. The second-order valence-corrected chi connectivity index (χ2v) is 10.2. The molecule has 0 aromatic heterocycles. The normalized spacial score (nSPS) is 22.7. The molecule has 1 saturated heterocycles. The average molecular weight is 483 g/mol. The molecule has 2 aliphatic rings. The van der Waals surface area contributed by atoms with Gasteiger partial charge in [-0.05, 0) is 60.4 Å². The minimum atomic E-state index is 0.0429. The smallest absolute Gasteiger partial charge is 0.267 e. The average Bonchev–Trinajstić information content (AvgIpc) is 3.19. The maximum absolute atomic E-state index is 13.8. The van der Waals surface area contributed by atoms with Gasteiger partial charge in [0.2, 0.25) is 0 Å². The molecule has 3 aromatic rings. The molecular weight excluding hydrogens is 452 g/mol. The molecule has 35 heavy (non-hydrogen) atoms. The number of hydrogen-bond donors (Lipinski definition) is 0. The van der Waals surface area contributed by atoms with Gasteiger partial charge < -0.3 is 4.74 Å². The summed E-state index contributed by atoms with van der Waals surface area (Å²) in [6.45, 7) is 2.74. The van der Waals surface area contributed by atoms with Crippen molar-refractivity contribution in [1.29, 1.82) is 0 Å². The van der Waals surface area contributed by atoms with Crippen LogP contribution in [0.5, 0.6) is 5.75 Å². The summed E-state index contributed by atoms with van der Waals surface area (Å²) in [6.07, 6.45) is 6.50. The summed E-state index contributed by atoms with van der Waals surface area (Å²) in [5, 5.41) is 0.772. The van der Waals surface area contributed by atoms with Crippen molar-refractivity contribution < 1.29 is 9.53 Å². The first-order chi connectivity index (χ1) is 17.2. The van der Waals surface area contributed by atoms with Gasteiger partial charge in [0.1, 0.15) is 12.4 Å². The number of thioether (sulfide) groups is 1. The van der Waals surface area contributed by atoms with Crippen LogP contribution < -0.4 is 4.74 Å². The van der Waals surface area contributed by atoms with Crippen LogP contribution in [0.3, 0.4) is 0 Å². The number of para-hydroxylation sites is 2. The summed E-state index contributed by atoms with van der Waals surface area (Å²) in [7, 11) is 0. The van der Waals surface area contributed by atoms with Gasteiger partial charge >= 0.3 is 0 Å². The van der Waals surface area contributed by atoms with Crippen molar-refractivity contribution >= 4 is 34.6 Å². The third kappa shape index (κ3) is 5.51. The van der Waals surface area contributed by atoms with Crippen molar-refractivity contribution in [2.45, 2.75) is 45.3 Å². The predicted molar refractivity (Wildman–Crippen MR) is 145 cm³/mol. The van der Waals surface area contributed by atoms with Crippen LogP contribution >= 0.6 is 11.8 Å². The largest absolute Gasteiger partial charge is 0.488 e. The SMILES string of the molecule is C[C@@H]1CCCC[C@H]1N1C(=O)/C(=C/c2ccccc2OCc2ccccc2)SC1=Nc1ccccc1. The molecule has 4 nitrogen and oxygen atoms in total. The summed E-state index contributed by atoms with van der Waals surface area (Å²) in [4.78, 5) is 21.3. The Kier molecular flexibility index (Phi) is 7.34. The molecule has 1 saturated carbocycles. The van der Waals surface area contributed by atoms with E-state index in [9.17, 15) is 4.79 Å². The molecule has 178 valence electrons. The number of carbonyl (C=O) groups is 1. The van der Waals surface area contributed by atoms with Crippen molar-refractivity contribution in [3.63, 3.8) is 0 Å². The lowest BCUT2D eigenvalue weighted by molar-refractivity contribution is -0.124. The van der Waals surface area contributed by atoms with Crippen molar-refractivity contribution in [3.8, 4) is 5.75 Å². The summed E-state index contributed by atoms with van der Waals surface area (Å²) in [6, 6.07) is 28.1. The van der Waals surface area contributed by atoms with Crippen LogP contribution in [0.4, 0.5) is 5.69 Å². The number of carbonyl (C=O) groups excluding carboxylic acids is 1. The topological polar surface area (TPSA) is 41.9 Å². The summed E-state index contributed by atoms with van der Waals surface area (Å²) in [5.74, 6) is 1.26. The molecule has 2 atom stereocenters. The fraction of sp³-hybridized carbons (Fsp3) is 0.267. The van der Waals surface area contributed by atoms with Gasteiger partial charge in [0.05, 0.1) is 10.6 Å². The Balaban J connectivity index is 1.45. The molecule has 0 spiro atoms. The molecule has 0 radical (unpaired) electrons. The van der Waals surface area contributed by atoms with Crippen molar-refractivity contribution in [3.05, 3.63) is 101 Å². The highest BCUT2D eigenvalue weighted by atomic mass is 32.2. The van der Waals surface area contributed by atoms with E-state index in [1.54, 1.807) is 0 Å². The van der Waals surface area contributed by atoms with E-state index >= 15 is 0 Å². The van der Waals surface area contributed by atoms with Crippen LogP contribution in [0, 0.1) is 5.92 Å². The Bertz CT molecular complexity index is 1220. The van der Waals surface area contributed by atoms with Crippen LogP contribution in [0.2, 0.25) is 0 Å². The number of amides is 1. The Morgan fingerprint density at radius 2 is 1.63 bits per heavy atom. The number of aliphatic imine (C=N–C) groups is 1. The number of amidine groups is 1. The quantitative estimate of drug-likeness (QED) is 0.343.